The van der Waals surface area contributed by atoms with Gasteiger partial charge < -0.3 is 15.2 Å². The number of aromatic nitrogens is 2. The number of nitrogens with two attached hydrogens (primary N) is 1. The first-order valence-electron chi connectivity index (χ1n) is 5.92. The second kappa shape index (κ2) is 5.45. The van der Waals surface area contributed by atoms with E-state index in [1.54, 1.807) is 32.0 Å². The summed E-state index contributed by atoms with van der Waals surface area (Å²) in [6.07, 6.45) is 0. The minimum Gasteiger partial charge on any atom is -0.493 e. The fourth-order valence-electron chi connectivity index (χ4n) is 1.66. The molecule has 6 nitrogen and oxygen atoms in total. The first kappa shape index (κ1) is 13.6. The Morgan fingerprint density at radius 2 is 1.95 bits per heavy atom. The number of ether oxygens (including phenoxy) is 2. The number of nitrogens with zero attached hydrogens (tertiary/aromatic N) is 3. The van der Waals surface area contributed by atoms with E-state index in [0.29, 0.717) is 28.4 Å². The normalized spacial score (nSPS) is 9.90. The molecule has 6 heteroatoms. The summed E-state index contributed by atoms with van der Waals surface area (Å²) in [5.41, 5.74) is 8.03. The van der Waals surface area contributed by atoms with E-state index >= 15 is 0 Å². The molecule has 0 bridgehead atoms. The molecule has 2 rings (SSSR count). The lowest BCUT2D eigenvalue weighted by atomic mass is 10.1. The van der Waals surface area contributed by atoms with Crippen molar-refractivity contribution in [2.75, 3.05) is 12.8 Å². The molecule has 0 fully saturated rings. The molecule has 0 saturated heterocycles. The van der Waals surface area contributed by atoms with E-state index in [2.05, 4.69) is 16.3 Å². The Labute approximate surface area is 116 Å². The second-order valence-electron chi connectivity index (χ2n) is 4.21. The number of aryl methyl sites for hydroxylation is 1. The maximum Gasteiger partial charge on any atom is 0.257 e. The van der Waals surface area contributed by atoms with E-state index in [1.165, 1.54) is 7.11 Å². The summed E-state index contributed by atoms with van der Waals surface area (Å²) < 4.78 is 10.8. The minimum atomic E-state index is 0.152. The van der Waals surface area contributed by atoms with E-state index in [1.807, 2.05) is 0 Å². The maximum absolute atomic E-state index is 9.22. The van der Waals surface area contributed by atoms with Gasteiger partial charge in [-0.3, -0.25) is 0 Å². The van der Waals surface area contributed by atoms with Crippen molar-refractivity contribution in [2.45, 2.75) is 13.8 Å². The van der Waals surface area contributed by atoms with Gasteiger partial charge in [0, 0.05) is 11.8 Å². The largest absolute Gasteiger partial charge is 0.493 e. The van der Waals surface area contributed by atoms with E-state index in [-0.39, 0.29) is 5.88 Å². The van der Waals surface area contributed by atoms with Crippen molar-refractivity contribution in [3.63, 3.8) is 0 Å². The predicted octanol–water partition coefficient (Wildman–Crippen LogP) is 2.35. The monoisotopic (exact) mass is 270 g/mol. The molecule has 0 spiro atoms. The fraction of sp³-hybridized carbons (Fsp3) is 0.214. The SMILES string of the molecule is COc1cc(N)ccc1Oc1nnc(C)c(C)c1C#N. The highest BCUT2D eigenvalue weighted by Crippen LogP contribution is 2.33. The topological polar surface area (TPSA) is 94.1 Å². The van der Waals surface area contributed by atoms with Gasteiger partial charge in [0.25, 0.3) is 5.88 Å². The Morgan fingerprint density at radius 3 is 2.60 bits per heavy atom. The van der Waals surface area contributed by atoms with E-state index in [4.69, 9.17) is 15.2 Å². The Bertz CT molecular complexity index is 692. The molecule has 0 aliphatic heterocycles. The summed E-state index contributed by atoms with van der Waals surface area (Å²) >= 11 is 0. The van der Waals surface area contributed by atoms with Gasteiger partial charge in [-0.05, 0) is 31.5 Å². The van der Waals surface area contributed by atoms with Gasteiger partial charge in [-0.2, -0.15) is 10.4 Å². The first-order valence-corrected chi connectivity index (χ1v) is 5.92. The van der Waals surface area contributed by atoms with Crippen molar-refractivity contribution in [3.8, 4) is 23.4 Å². The van der Waals surface area contributed by atoms with Crippen LogP contribution in [0.4, 0.5) is 5.69 Å². The molecule has 1 aromatic carbocycles. The number of nitrogen functional groups attached to an aromatic ring is 1. The summed E-state index contributed by atoms with van der Waals surface area (Å²) in [6, 6.07) is 7.05. The molecular formula is C14H14N4O2. The molecule has 0 radical (unpaired) electrons. The van der Waals surface area contributed by atoms with Gasteiger partial charge in [0.2, 0.25) is 0 Å². The van der Waals surface area contributed by atoms with Crippen molar-refractivity contribution in [2.24, 2.45) is 0 Å². The molecule has 0 saturated carbocycles. The van der Waals surface area contributed by atoms with Crippen LogP contribution >= 0.6 is 0 Å². The fourth-order valence-corrected chi connectivity index (χ4v) is 1.66. The Hall–Kier alpha value is -2.81. The van der Waals surface area contributed by atoms with Crippen LogP contribution in [-0.4, -0.2) is 17.3 Å². The lowest BCUT2D eigenvalue weighted by molar-refractivity contribution is 0.372. The molecular weight excluding hydrogens is 256 g/mol. The highest BCUT2D eigenvalue weighted by atomic mass is 16.5. The van der Waals surface area contributed by atoms with E-state index in [9.17, 15) is 5.26 Å². The predicted molar refractivity (Wildman–Crippen MR) is 73.7 cm³/mol. The Kier molecular flexibility index (Phi) is 3.71. The number of hydrogen-bond acceptors (Lipinski definition) is 6. The molecule has 0 unspecified atom stereocenters. The van der Waals surface area contributed by atoms with Crippen molar-refractivity contribution < 1.29 is 9.47 Å². The zero-order valence-electron chi connectivity index (χ0n) is 11.5. The van der Waals surface area contributed by atoms with Crippen LogP contribution in [0.25, 0.3) is 0 Å². The third kappa shape index (κ3) is 2.47. The Balaban J connectivity index is 2.46. The molecule has 0 aliphatic rings. The van der Waals surface area contributed by atoms with Crippen LogP contribution in [0.15, 0.2) is 18.2 Å². The van der Waals surface area contributed by atoms with Gasteiger partial charge in [0.05, 0.1) is 12.8 Å². The number of rotatable bonds is 3. The van der Waals surface area contributed by atoms with Gasteiger partial charge in [-0.25, -0.2) is 0 Å². The molecule has 1 heterocycles. The van der Waals surface area contributed by atoms with Gasteiger partial charge >= 0.3 is 0 Å². The number of hydrogen-bond donors (Lipinski definition) is 1. The number of benzene rings is 1. The summed E-state index contributed by atoms with van der Waals surface area (Å²) in [5, 5.41) is 17.1. The number of anilines is 1. The highest BCUT2D eigenvalue weighted by molar-refractivity contribution is 5.54. The highest BCUT2D eigenvalue weighted by Gasteiger charge is 2.15. The maximum atomic E-state index is 9.22. The third-order valence-electron chi connectivity index (χ3n) is 2.93. The first-order chi connectivity index (χ1) is 9.56. The van der Waals surface area contributed by atoms with Crippen LogP contribution in [0, 0.1) is 25.2 Å². The van der Waals surface area contributed by atoms with E-state index < -0.39 is 0 Å². The van der Waals surface area contributed by atoms with Gasteiger partial charge in [-0.1, -0.05) is 0 Å². The zero-order chi connectivity index (χ0) is 14.7. The minimum absolute atomic E-state index is 0.152. The molecule has 2 aromatic rings. The van der Waals surface area contributed by atoms with Crippen LogP contribution in [0.3, 0.4) is 0 Å². The summed E-state index contributed by atoms with van der Waals surface area (Å²) in [5.74, 6) is 1.04. The van der Waals surface area contributed by atoms with Crippen molar-refractivity contribution in [1.29, 1.82) is 5.26 Å². The number of methoxy groups -OCH3 is 1. The van der Waals surface area contributed by atoms with Crippen molar-refractivity contribution >= 4 is 5.69 Å². The second-order valence-corrected chi connectivity index (χ2v) is 4.21. The molecule has 0 aliphatic carbocycles. The standard InChI is InChI=1S/C14H14N4O2/c1-8-9(2)17-18-14(11(8)7-15)20-12-5-4-10(16)6-13(12)19-3/h4-6H,16H2,1-3H3. The zero-order valence-corrected chi connectivity index (χ0v) is 11.5. The van der Waals surface area contributed by atoms with Crippen LogP contribution in [0.2, 0.25) is 0 Å². The molecule has 20 heavy (non-hydrogen) atoms. The van der Waals surface area contributed by atoms with Gasteiger partial charge in [0.1, 0.15) is 11.6 Å². The van der Waals surface area contributed by atoms with Crippen LogP contribution in [0.5, 0.6) is 17.4 Å². The van der Waals surface area contributed by atoms with E-state index in [0.717, 1.165) is 5.56 Å². The average molecular weight is 270 g/mol. The average Bonchev–Trinajstić information content (AvgIpc) is 2.45. The van der Waals surface area contributed by atoms with Gasteiger partial charge in [0.15, 0.2) is 11.5 Å². The molecule has 0 amide bonds. The Morgan fingerprint density at radius 1 is 1.20 bits per heavy atom. The van der Waals surface area contributed by atoms with Crippen molar-refractivity contribution in [1.82, 2.24) is 10.2 Å². The molecule has 0 atom stereocenters. The summed E-state index contributed by atoms with van der Waals surface area (Å²) in [7, 11) is 1.51. The smallest absolute Gasteiger partial charge is 0.257 e. The summed E-state index contributed by atoms with van der Waals surface area (Å²) in [6.45, 7) is 3.59. The molecule has 1 aromatic heterocycles. The van der Waals surface area contributed by atoms with Gasteiger partial charge in [-0.15, -0.1) is 5.10 Å². The number of nitriles is 1. The van der Waals surface area contributed by atoms with Crippen LogP contribution < -0.4 is 15.2 Å². The van der Waals surface area contributed by atoms with Crippen LogP contribution in [0.1, 0.15) is 16.8 Å². The summed E-state index contributed by atoms with van der Waals surface area (Å²) in [4.78, 5) is 0. The lowest BCUT2D eigenvalue weighted by Gasteiger charge is -2.12. The molecule has 2 N–H and O–H groups in total. The van der Waals surface area contributed by atoms with Crippen molar-refractivity contribution in [3.05, 3.63) is 35.0 Å². The lowest BCUT2D eigenvalue weighted by Crippen LogP contribution is -2.01. The third-order valence-corrected chi connectivity index (χ3v) is 2.93. The quantitative estimate of drug-likeness (QED) is 0.860. The molecule has 102 valence electrons. The van der Waals surface area contributed by atoms with Crippen LogP contribution in [-0.2, 0) is 0 Å².